The van der Waals surface area contributed by atoms with Crippen molar-refractivity contribution in [3.63, 3.8) is 0 Å². The largest absolute Gasteiger partial charge is 0.497 e. The summed E-state index contributed by atoms with van der Waals surface area (Å²) in [6, 6.07) is 7.93. The standard InChI is InChI=1S/C20H23N5O2S/c1-24-12-16(11-23-24)10-22-18(26)20(9-15-4-3-5-17(8-15)27-2)13-25(14-20)19-21-6-7-28-19/h3-8,11-12H,9-10,13-14H2,1-2H3,(H,22,26). The summed E-state index contributed by atoms with van der Waals surface area (Å²) in [5.74, 6) is 0.867. The van der Waals surface area contributed by atoms with Crippen molar-refractivity contribution in [1.82, 2.24) is 20.1 Å². The summed E-state index contributed by atoms with van der Waals surface area (Å²) >= 11 is 1.60. The number of rotatable bonds is 7. The molecule has 4 rings (SSSR count). The molecule has 1 amide bonds. The number of carbonyl (C=O) groups excluding carboxylic acids is 1. The van der Waals surface area contributed by atoms with Crippen LogP contribution in [0, 0.1) is 5.41 Å². The lowest BCUT2D eigenvalue weighted by Crippen LogP contribution is -2.64. The van der Waals surface area contributed by atoms with Gasteiger partial charge in [0.05, 0.1) is 18.7 Å². The lowest BCUT2D eigenvalue weighted by molar-refractivity contribution is -0.132. The normalized spacial score (nSPS) is 15.1. The number of ether oxygens (including phenoxy) is 1. The van der Waals surface area contributed by atoms with Gasteiger partial charge in [-0.05, 0) is 24.1 Å². The molecule has 7 nitrogen and oxygen atoms in total. The van der Waals surface area contributed by atoms with E-state index < -0.39 is 5.41 Å². The number of thiazole rings is 1. The molecule has 1 fully saturated rings. The summed E-state index contributed by atoms with van der Waals surface area (Å²) in [7, 11) is 3.52. The van der Waals surface area contributed by atoms with Gasteiger partial charge in [-0.25, -0.2) is 4.98 Å². The van der Waals surface area contributed by atoms with E-state index in [9.17, 15) is 4.79 Å². The fourth-order valence-electron chi connectivity index (χ4n) is 3.63. The number of amides is 1. The molecule has 1 aliphatic rings. The minimum Gasteiger partial charge on any atom is -0.497 e. The number of nitrogens with zero attached hydrogens (tertiary/aromatic N) is 4. The van der Waals surface area contributed by atoms with E-state index >= 15 is 0 Å². The molecule has 1 N–H and O–H groups in total. The molecule has 2 aromatic heterocycles. The Balaban J connectivity index is 1.50. The van der Waals surface area contributed by atoms with Gasteiger partial charge in [0.15, 0.2) is 5.13 Å². The topological polar surface area (TPSA) is 72.3 Å². The Morgan fingerprint density at radius 2 is 2.21 bits per heavy atom. The number of nitrogens with one attached hydrogen (secondary N) is 1. The summed E-state index contributed by atoms with van der Waals surface area (Å²) in [6.07, 6.45) is 6.14. The molecule has 1 aliphatic heterocycles. The van der Waals surface area contributed by atoms with Gasteiger partial charge in [0, 0.05) is 50.0 Å². The third-order valence-corrected chi connectivity index (χ3v) is 5.88. The number of aryl methyl sites for hydroxylation is 1. The second kappa shape index (κ2) is 7.63. The molecule has 28 heavy (non-hydrogen) atoms. The zero-order valence-electron chi connectivity index (χ0n) is 16.0. The number of benzene rings is 1. The highest BCUT2D eigenvalue weighted by atomic mass is 32.1. The van der Waals surface area contributed by atoms with Gasteiger partial charge in [0.1, 0.15) is 5.75 Å². The summed E-state index contributed by atoms with van der Waals surface area (Å²) < 4.78 is 7.08. The predicted molar refractivity (Wildman–Crippen MR) is 109 cm³/mol. The Labute approximate surface area is 168 Å². The first kappa shape index (κ1) is 18.5. The van der Waals surface area contributed by atoms with E-state index in [0.29, 0.717) is 26.1 Å². The van der Waals surface area contributed by atoms with Crippen molar-refractivity contribution < 1.29 is 9.53 Å². The summed E-state index contributed by atoms with van der Waals surface area (Å²) in [5, 5.41) is 10.2. The monoisotopic (exact) mass is 397 g/mol. The summed E-state index contributed by atoms with van der Waals surface area (Å²) in [4.78, 5) is 19.7. The van der Waals surface area contributed by atoms with Crippen LogP contribution in [0.25, 0.3) is 0 Å². The van der Waals surface area contributed by atoms with E-state index in [1.165, 1.54) is 0 Å². The molecule has 3 aromatic rings. The smallest absolute Gasteiger partial charge is 0.230 e. The van der Waals surface area contributed by atoms with Crippen LogP contribution in [0.4, 0.5) is 5.13 Å². The molecule has 0 unspecified atom stereocenters. The average molecular weight is 398 g/mol. The number of hydrogen-bond acceptors (Lipinski definition) is 6. The van der Waals surface area contributed by atoms with Crippen molar-refractivity contribution in [3.8, 4) is 5.75 Å². The second-order valence-corrected chi connectivity index (χ2v) is 8.06. The zero-order valence-corrected chi connectivity index (χ0v) is 16.8. The minimum atomic E-state index is -0.486. The Morgan fingerprint density at radius 1 is 1.36 bits per heavy atom. The van der Waals surface area contributed by atoms with E-state index in [1.54, 1.807) is 35.5 Å². The van der Waals surface area contributed by atoms with Crippen LogP contribution < -0.4 is 15.0 Å². The van der Waals surface area contributed by atoms with Crippen molar-refractivity contribution in [3.05, 3.63) is 59.4 Å². The maximum Gasteiger partial charge on any atom is 0.230 e. The molecular formula is C20H23N5O2S. The lowest BCUT2D eigenvalue weighted by atomic mass is 9.74. The third kappa shape index (κ3) is 3.73. The maximum absolute atomic E-state index is 13.2. The molecule has 0 spiro atoms. The fourth-order valence-corrected chi connectivity index (χ4v) is 4.28. The average Bonchev–Trinajstić information content (AvgIpc) is 3.34. The molecule has 146 valence electrons. The van der Waals surface area contributed by atoms with Crippen molar-refractivity contribution in [2.24, 2.45) is 12.5 Å². The lowest BCUT2D eigenvalue weighted by Gasteiger charge is -2.49. The first-order chi connectivity index (χ1) is 13.6. The molecule has 3 heterocycles. The van der Waals surface area contributed by atoms with Gasteiger partial charge in [-0.15, -0.1) is 11.3 Å². The molecular weight excluding hydrogens is 374 g/mol. The predicted octanol–water partition coefficient (Wildman–Crippen LogP) is 2.25. The minimum absolute atomic E-state index is 0.0620. The number of hydrogen-bond donors (Lipinski definition) is 1. The van der Waals surface area contributed by atoms with Gasteiger partial charge in [0.2, 0.25) is 5.91 Å². The highest BCUT2D eigenvalue weighted by Gasteiger charge is 2.49. The van der Waals surface area contributed by atoms with E-state index in [4.69, 9.17) is 4.74 Å². The van der Waals surface area contributed by atoms with Crippen LogP contribution in [0.2, 0.25) is 0 Å². The third-order valence-electron chi connectivity index (χ3n) is 5.05. The highest BCUT2D eigenvalue weighted by Crippen LogP contribution is 2.39. The Morgan fingerprint density at radius 3 is 2.89 bits per heavy atom. The number of methoxy groups -OCH3 is 1. The molecule has 0 saturated carbocycles. The van der Waals surface area contributed by atoms with Crippen molar-refractivity contribution >= 4 is 22.4 Å². The van der Waals surface area contributed by atoms with Crippen molar-refractivity contribution in [2.45, 2.75) is 13.0 Å². The fraction of sp³-hybridized carbons (Fsp3) is 0.350. The summed E-state index contributed by atoms with van der Waals surface area (Å²) in [5.41, 5.74) is 1.60. The van der Waals surface area contributed by atoms with Crippen LogP contribution in [0.3, 0.4) is 0 Å². The molecule has 0 aliphatic carbocycles. The second-order valence-electron chi connectivity index (χ2n) is 7.18. The molecule has 1 aromatic carbocycles. The maximum atomic E-state index is 13.2. The van der Waals surface area contributed by atoms with Gasteiger partial charge < -0.3 is 15.0 Å². The Bertz CT molecular complexity index is 947. The first-order valence-electron chi connectivity index (χ1n) is 9.11. The van der Waals surface area contributed by atoms with Crippen LogP contribution >= 0.6 is 11.3 Å². The van der Waals surface area contributed by atoms with Gasteiger partial charge in [0.25, 0.3) is 0 Å². The number of carbonyl (C=O) groups is 1. The van der Waals surface area contributed by atoms with Gasteiger partial charge in [-0.1, -0.05) is 12.1 Å². The van der Waals surface area contributed by atoms with E-state index in [2.05, 4.69) is 20.3 Å². The SMILES string of the molecule is COc1cccc(CC2(C(=O)NCc3cnn(C)c3)CN(c3nccs3)C2)c1. The van der Waals surface area contributed by atoms with Crippen LogP contribution in [-0.2, 0) is 24.8 Å². The molecule has 0 bridgehead atoms. The van der Waals surface area contributed by atoms with E-state index in [0.717, 1.165) is 22.0 Å². The van der Waals surface area contributed by atoms with Crippen LogP contribution in [0.5, 0.6) is 5.75 Å². The highest BCUT2D eigenvalue weighted by molar-refractivity contribution is 7.13. The molecule has 0 atom stereocenters. The quantitative estimate of drug-likeness (QED) is 0.662. The first-order valence-corrected chi connectivity index (χ1v) is 9.99. The zero-order chi connectivity index (χ0) is 19.6. The molecule has 8 heteroatoms. The molecule has 1 saturated heterocycles. The van der Waals surface area contributed by atoms with Crippen LogP contribution in [-0.4, -0.2) is 40.9 Å². The van der Waals surface area contributed by atoms with Crippen LogP contribution in [0.1, 0.15) is 11.1 Å². The van der Waals surface area contributed by atoms with E-state index in [-0.39, 0.29) is 5.91 Å². The Hall–Kier alpha value is -2.87. The molecule has 0 radical (unpaired) electrons. The van der Waals surface area contributed by atoms with Crippen LogP contribution in [0.15, 0.2) is 48.2 Å². The Kier molecular flexibility index (Phi) is 5.04. The van der Waals surface area contributed by atoms with Gasteiger partial charge >= 0.3 is 0 Å². The van der Waals surface area contributed by atoms with E-state index in [1.807, 2.05) is 42.9 Å². The van der Waals surface area contributed by atoms with Gasteiger partial charge in [-0.3, -0.25) is 9.48 Å². The number of anilines is 1. The number of aromatic nitrogens is 3. The van der Waals surface area contributed by atoms with Crippen molar-refractivity contribution in [1.29, 1.82) is 0 Å². The summed E-state index contributed by atoms with van der Waals surface area (Å²) in [6.45, 7) is 1.77. The van der Waals surface area contributed by atoms with Gasteiger partial charge in [-0.2, -0.15) is 5.10 Å². The van der Waals surface area contributed by atoms with Crippen molar-refractivity contribution in [2.75, 3.05) is 25.1 Å².